The summed E-state index contributed by atoms with van der Waals surface area (Å²) in [6.45, 7) is 0. The zero-order valence-corrected chi connectivity index (χ0v) is 12.3. The second kappa shape index (κ2) is 6.07. The Balaban J connectivity index is 2.38. The molecule has 92 valence electrons. The fraction of sp³-hybridized carbons (Fsp3) is 0.0667. The molecule has 0 spiro atoms. The Bertz CT molecular complexity index is 578. The standard InChI is InChI=1S/C15H13BrClN/c1-18-15-8-4-6-13(16)12(15)10-9-11-5-2-3-7-14(11)17/h2-10,18H,1H3/b10-9+. The van der Waals surface area contributed by atoms with E-state index < -0.39 is 0 Å². The summed E-state index contributed by atoms with van der Waals surface area (Å²) >= 11 is 9.68. The Morgan fingerprint density at radius 1 is 1.06 bits per heavy atom. The van der Waals surface area contributed by atoms with Crippen LogP contribution in [0.5, 0.6) is 0 Å². The zero-order valence-electron chi connectivity index (χ0n) is 9.95. The molecule has 0 bridgehead atoms. The molecule has 0 saturated carbocycles. The molecule has 0 saturated heterocycles. The highest BCUT2D eigenvalue weighted by Gasteiger charge is 2.02. The largest absolute Gasteiger partial charge is 0.388 e. The molecule has 0 atom stereocenters. The first-order valence-corrected chi connectivity index (χ1v) is 6.78. The van der Waals surface area contributed by atoms with Gasteiger partial charge in [-0.2, -0.15) is 0 Å². The number of benzene rings is 2. The minimum Gasteiger partial charge on any atom is -0.388 e. The summed E-state index contributed by atoms with van der Waals surface area (Å²) in [5, 5.41) is 3.93. The molecule has 18 heavy (non-hydrogen) atoms. The predicted octanol–water partition coefficient (Wildman–Crippen LogP) is 5.31. The summed E-state index contributed by atoms with van der Waals surface area (Å²) in [4.78, 5) is 0. The van der Waals surface area contributed by atoms with Crippen molar-refractivity contribution in [2.24, 2.45) is 0 Å². The zero-order chi connectivity index (χ0) is 13.0. The third kappa shape index (κ3) is 2.95. The summed E-state index contributed by atoms with van der Waals surface area (Å²) in [5.74, 6) is 0. The minimum absolute atomic E-state index is 0.756. The minimum atomic E-state index is 0.756. The fourth-order valence-electron chi connectivity index (χ4n) is 1.71. The van der Waals surface area contributed by atoms with Gasteiger partial charge < -0.3 is 5.32 Å². The molecule has 0 amide bonds. The van der Waals surface area contributed by atoms with E-state index >= 15 is 0 Å². The Kier molecular flexibility index (Phi) is 4.45. The van der Waals surface area contributed by atoms with Crippen molar-refractivity contribution in [3.63, 3.8) is 0 Å². The first kappa shape index (κ1) is 13.2. The van der Waals surface area contributed by atoms with Gasteiger partial charge in [0.25, 0.3) is 0 Å². The van der Waals surface area contributed by atoms with E-state index in [0.29, 0.717) is 0 Å². The smallest absolute Gasteiger partial charge is 0.0478 e. The Hall–Kier alpha value is -1.25. The molecule has 0 aliphatic carbocycles. The molecule has 2 rings (SSSR count). The van der Waals surface area contributed by atoms with Crippen molar-refractivity contribution in [1.82, 2.24) is 0 Å². The van der Waals surface area contributed by atoms with Crippen LogP contribution in [0.1, 0.15) is 11.1 Å². The van der Waals surface area contributed by atoms with Crippen molar-refractivity contribution in [2.45, 2.75) is 0 Å². The molecule has 1 nitrogen and oxygen atoms in total. The van der Waals surface area contributed by atoms with Gasteiger partial charge in [-0.1, -0.05) is 63.9 Å². The maximum Gasteiger partial charge on any atom is 0.0478 e. The Morgan fingerprint density at radius 2 is 1.83 bits per heavy atom. The highest BCUT2D eigenvalue weighted by atomic mass is 79.9. The van der Waals surface area contributed by atoms with Crippen LogP contribution in [-0.4, -0.2) is 7.05 Å². The number of nitrogens with one attached hydrogen (secondary N) is 1. The van der Waals surface area contributed by atoms with Gasteiger partial charge in [-0.05, 0) is 23.8 Å². The van der Waals surface area contributed by atoms with Crippen molar-refractivity contribution in [3.05, 3.63) is 63.1 Å². The lowest BCUT2D eigenvalue weighted by Gasteiger charge is -2.07. The third-order valence-corrected chi connectivity index (χ3v) is 3.69. The van der Waals surface area contributed by atoms with Gasteiger partial charge in [0.05, 0.1) is 0 Å². The van der Waals surface area contributed by atoms with E-state index in [1.54, 1.807) is 0 Å². The Labute approximate surface area is 121 Å². The van der Waals surface area contributed by atoms with E-state index in [9.17, 15) is 0 Å². The van der Waals surface area contributed by atoms with E-state index in [2.05, 4.69) is 27.3 Å². The van der Waals surface area contributed by atoms with Crippen LogP contribution >= 0.6 is 27.5 Å². The van der Waals surface area contributed by atoms with Gasteiger partial charge in [0.2, 0.25) is 0 Å². The fourth-order valence-corrected chi connectivity index (χ4v) is 2.40. The SMILES string of the molecule is CNc1cccc(Br)c1/C=C/c1ccccc1Cl. The highest BCUT2D eigenvalue weighted by molar-refractivity contribution is 9.10. The van der Waals surface area contributed by atoms with Crippen molar-refractivity contribution in [3.8, 4) is 0 Å². The topological polar surface area (TPSA) is 12.0 Å². The quantitative estimate of drug-likeness (QED) is 0.755. The van der Waals surface area contributed by atoms with Gasteiger partial charge in [-0.3, -0.25) is 0 Å². The van der Waals surface area contributed by atoms with Gasteiger partial charge in [0, 0.05) is 27.8 Å². The van der Waals surface area contributed by atoms with Crippen molar-refractivity contribution < 1.29 is 0 Å². The van der Waals surface area contributed by atoms with E-state index in [1.807, 2.05) is 55.6 Å². The molecular formula is C15H13BrClN. The van der Waals surface area contributed by atoms with Crippen LogP contribution in [0, 0.1) is 0 Å². The summed E-state index contributed by atoms with van der Waals surface area (Å²) in [7, 11) is 1.91. The average Bonchev–Trinajstić information content (AvgIpc) is 2.39. The second-order valence-electron chi connectivity index (χ2n) is 3.81. The molecule has 3 heteroatoms. The van der Waals surface area contributed by atoms with E-state index in [-0.39, 0.29) is 0 Å². The van der Waals surface area contributed by atoms with Crippen LogP contribution in [0.4, 0.5) is 5.69 Å². The van der Waals surface area contributed by atoms with Crippen LogP contribution in [0.15, 0.2) is 46.9 Å². The van der Waals surface area contributed by atoms with Crippen LogP contribution < -0.4 is 5.32 Å². The van der Waals surface area contributed by atoms with Crippen molar-refractivity contribution in [1.29, 1.82) is 0 Å². The molecule has 0 aliphatic rings. The molecule has 2 aromatic carbocycles. The average molecular weight is 323 g/mol. The number of hydrogen-bond acceptors (Lipinski definition) is 1. The molecule has 0 heterocycles. The highest BCUT2D eigenvalue weighted by Crippen LogP contribution is 2.27. The van der Waals surface area contributed by atoms with E-state index in [4.69, 9.17) is 11.6 Å². The molecular weight excluding hydrogens is 310 g/mol. The molecule has 0 aromatic heterocycles. The summed E-state index contributed by atoms with van der Waals surface area (Å²) in [6.07, 6.45) is 4.07. The Morgan fingerprint density at radius 3 is 2.56 bits per heavy atom. The number of halogens is 2. The molecule has 0 unspecified atom stereocenters. The van der Waals surface area contributed by atoms with Crippen LogP contribution in [0.2, 0.25) is 5.02 Å². The third-order valence-electron chi connectivity index (χ3n) is 2.66. The normalized spacial score (nSPS) is 10.8. The van der Waals surface area contributed by atoms with Gasteiger partial charge in [-0.25, -0.2) is 0 Å². The lowest BCUT2D eigenvalue weighted by molar-refractivity contribution is 1.48. The maximum absolute atomic E-state index is 6.13. The van der Waals surface area contributed by atoms with Crippen LogP contribution in [-0.2, 0) is 0 Å². The molecule has 0 radical (unpaired) electrons. The monoisotopic (exact) mass is 321 g/mol. The first-order chi connectivity index (χ1) is 8.72. The summed E-state index contributed by atoms with van der Waals surface area (Å²) < 4.78 is 1.05. The summed E-state index contributed by atoms with van der Waals surface area (Å²) in [5.41, 5.74) is 3.20. The number of anilines is 1. The molecule has 0 aliphatic heterocycles. The van der Waals surface area contributed by atoms with Crippen LogP contribution in [0.3, 0.4) is 0 Å². The van der Waals surface area contributed by atoms with Gasteiger partial charge in [0.1, 0.15) is 0 Å². The van der Waals surface area contributed by atoms with Gasteiger partial charge >= 0.3 is 0 Å². The van der Waals surface area contributed by atoms with E-state index in [1.165, 1.54) is 0 Å². The second-order valence-corrected chi connectivity index (χ2v) is 5.07. The number of rotatable bonds is 3. The van der Waals surface area contributed by atoms with Gasteiger partial charge in [0.15, 0.2) is 0 Å². The van der Waals surface area contributed by atoms with Crippen molar-refractivity contribution >= 4 is 45.4 Å². The van der Waals surface area contributed by atoms with E-state index in [0.717, 1.165) is 26.3 Å². The first-order valence-electron chi connectivity index (χ1n) is 5.61. The molecule has 2 aromatic rings. The maximum atomic E-state index is 6.13. The van der Waals surface area contributed by atoms with Crippen LogP contribution in [0.25, 0.3) is 12.2 Å². The van der Waals surface area contributed by atoms with Gasteiger partial charge in [-0.15, -0.1) is 0 Å². The van der Waals surface area contributed by atoms with Crippen molar-refractivity contribution in [2.75, 3.05) is 12.4 Å². The summed E-state index contributed by atoms with van der Waals surface area (Å²) in [6, 6.07) is 13.9. The number of hydrogen-bond donors (Lipinski definition) is 1. The predicted molar refractivity (Wildman–Crippen MR) is 84.1 cm³/mol. The molecule has 1 N–H and O–H groups in total. The molecule has 0 fully saturated rings. The lowest BCUT2D eigenvalue weighted by atomic mass is 10.1. The lowest BCUT2D eigenvalue weighted by Crippen LogP contribution is -1.91.